The Morgan fingerprint density at radius 3 is 3.10 bits per heavy atom. The first-order valence-corrected chi connectivity index (χ1v) is 7.43. The lowest BCUT2D eigenvalue weighted by Gasteiger charge is -2.32. The lowest BCUT2D eigenvalue weighted by atomic mass is 9.89. The van der Waals surface area contributed by atoms with Gasteiger partial charge in [0.1, 0.15) is 11.9 Å². The zero-order valence-electron chi connectivity index (χ0n) is 12.1. The minimum atomic E-state index is -0.00935. The molecule has 0 radical (unpaired) electrons. The number of hydrogen-bond donors (Lipinski definition) is 1. The molecule has 2 aliphatic rings. The zero-order valence-corrected chi connectivity index (χ0v) is 12.1. The van der Waals surface area contributed by atoms with Crippen molar-refractivity contribution in [3.63, 3.8) is 0 Å². The highest BCUT2D eigenvalue weighted by molar-refractivity contribution is 5.48. The second-order valence-electron chi connectivity index (χ2n) is 5.86. The summed E-state index contributed by atoms with van der Waals surface area (Å²) in [5, 5.41) is 11.6. The molecule has 2 saturated heterocycles. The molecule has 2 aromatic rings. The first-order valence-electron chi connectivity index (χ1n) is 7.43. The number of aryl methyl sites for hydroxylation is 1. The Bertz CT molecular complexity index is 650. The van der Waals surface area contributed by atoms with Gasteiger partial charge >= 0.3 is 0 Å². The molecule has 7 heteroatoms. The SMILES string of the molecule is Cc1nnc2c(OC3COC4(CCNCC4)C3)nccn12. The largest absolute Gasteiger partial charge is 0.469 e. The number of rotatable bonds is 2. The molecule has 1 unspecified atom stereocenters. The number of hydrogen-bond acceptors (Lipinski definition) is 6. The van der Waals surface area contributed by atoms with Gasteiger partial charge in [-0.05, 0) is 32.9 Å². The molecule has 0 amide bonds. The summed E-state index contributed by atoms with van der Waals surface area (Å²) in [5.41, 5.74) is 0.658. The average Bonchev–Trinajstić information content (AvgIpc) is 3.06. The van der Waals surface area contributed by atoms with Crippen molar-refractivity contribution in [1.29, 1.82) is 0 Å². The molecule has 21 heavy (non-hydrogen) atoms. The van der Waals surface area contributed by atoms with Crippen molar-refractivity contribution in [3.8, 4) is 5.88 Å². The summed E-state index contributed by atoms with van der Waals surface area (Å²) in [7, 11) is 0. The van der Waals surface area contributed by atoms with Crippen LogP contribution < -0.4 is 10.1 Å². The summed E-state index contributed by atoms with van der Waals surface area (Å²) in [6.45, 7) is 4.57. The van der Waals surface area contributed by atoms with Crippen LogP contribution in [-0.4, -0.2) is 51.0 Å². The van der Waals surface area contributed by atoms with E-state index in [1.165, 1.54) is 0 Å². The van der Waals surface area contributed by atoms with Gasteiger partial charge in [-0.3, -0.25) is 4.40 Å². The van der Waals surface area contributed by atoms with Gasteiger partial charge in [-0.1, -0.05) is 0 Å². The van der Waals surface area contributed by atoms with Gasteiger partial charge in [0.25, 0.3) is 5.88 Å². The van der Waals surface area contributed by atoms with E-state index in [2.05, 4.69) is 20.5 Å². The molecule has 2 aromatic heterocycles. The number of fused-ring (bicyclic) bond motifs is 1. The number of aromatic nitrogens is 4. The van der Waals surface area contributed by atoms with Gasteiger partial charge in [-0.2, -0.15) is 0 Å². The van der Waals surface area contributed by atoms with Gasteiger partial charge in [0.05, 0.1) is 12.2 Å². The highest BCUT2D eigenvalue weighted by atomic mass is 16.6. The second kappa shape index (κ2) is 4.92. The molecule has 4 rings (SSSR count). The molecule has 7 nitrogen and oxygen atoms in total. The molecule has 112 valence electrons. The number of ether oxygens (including phenoxy) is 2. The van der Waals surface area contributed by atoms with Crippen LogP contribution in [0.4, 0.5) is 0 Å². The third kappa shape index (κ3) is 2.26. The molecule has 1 atom stereocenters. The third-order valence-corrected chi connectivity index (χ3v) is 4.43. The molecular weight excluding hydrogens is 270 g/mol. The van der Waals surface area contributed by atoms with E-state index < -0.39 is 0 Å². The first kappa shape index (κ1) is 13.0. The Labute approximate surface area is 122 Å². The standard InChI is InChI=1S/C14H19N5O2/c1-10-17-18-12-13(16-6-7-19(10)12)21-11-8-14(20-9-11)2-4-15-5-3-14/h6-7,11,15H,2-5,8-9H2,1H3. The van der Waals surface area contributed by atoms with Gasteiger partial charge in [0, 0.05) is 18.8 Å². The quantitative estimate of drug-likeness (QED) is 0.878. The van der Waals surface area contributed by atoms with Gasteiger partial charge in [-0.15, -0.1) is 10.2 Å². The zero-order chi connectivity index (χ0) is 14.3. The van der Waals surface area contributed by atoms with Crippen molar-refractivity contribution in [2.75, 3.05) is 19.7 Å². The minimum absolute atomic E-state index is 0.00935. The highest BCUT2D eigenvalue weighted by Gasteiger charge is 2.42. The minimum Gasteiger partial charge on any atom is -0.469 e. The van der Waals surface area contributed by atoms with Gasteiger partial charge in [0.2, 0.25) is 5.65 Å². The summed E-state index contributed by atoms with van der Waals surface area (Å²) in [6, 6.07) is 0. The van der Waals surface area contributed by atoms with E-state index >= 15 is 0 Å². The van der Waals surface area contributed by atoms with Gasteiger partial charge < -0.3 is 14.8 Å². The lowest BCUT2D eigenvalue weighted by Crippen LogP contribution is -2.41. The van der Waals surface area contributed by atoms with Crippen molar-refractivity contribution in [1.82, 2.24) is 24.9 Å². The maximum Gasteiger partial charge on any atom is 0.260 e. The highest BCUT2D eigenvalue weighted by Crippen LogP contribution is 2.35. The molecule has 1 spiro atoms. The first-order chi connectivity index (χ1) is 10.3. The van der Waals surface area contributed by atoms with Gasteiger partial charge in [-0.25, -0.2) is 4.98 Å². The topological polar surface area (TPSA) is 73.6 Å². The monoisotopic (exact) mass is 289 g/mol. The van der Waals surface area contributed by atoms with Crippen LogP contribution in [0.5, 0.6) is 5.88 Å². The molecule has 0 bridgehead atoms. The smallest absolute Gasteiger partial charge is 0.260 e. The maximum atomic E-state index is 6.05. The lowest BCUT2D eigenvalue weighted by molar-refractivity contribution is -0.0205. The molecule has 0 aromatic carbocycles. The molecule has 2 fully saturated rings. The molecule has 2 aliphatic heterocycles. The predicted octanol–water partition coefficient (Wildman–Crippen LogP) is 0.723. The van der Waals surface area contributed by atoms with Crippen LogP contribution in [0.2, 0.25) is 0 Å². The van der Waals surface area contributed by atoms with Crippen LogP contribution in [0.3, 0.4) is 0 Å². The molecule has 4 heterocycles. The van der Waals surface area contributed by atoms with E-state index in [0.29, 0.717) is 18.1 Å². The van der Waals surface area contributed by atoms with Crippen LogP contribution in [0.1, 0.15) is 25.1 Å². The maximum absolute atomic E-state index is 6.05. The number of nitrogens with zero attached hydrogens (tertiary/aromatic N) is 4. The summed E-state index contributed by atoms with van der Waals surface area (Å²) in [4.78, 5) is 4.30. The van der Waals surface area contributed by atoms with E-state index in [0.717, 1.165) is 38.2 Å². The Morgan fingerprint density at radius 1 is 1.38 bits per heavy atom. The second-order valence-corrected chi connectivity index (χ2v) is 5.86. The fourth-order valence-electron chi connectivity index (χ4n) is 3.27. The molecule has 0 saturated carbocycles. The van der Waals surface area contributed by atoms with Gasteiger partial charge in [0.15, 0.2) is 0 Å². The van der Waals surface area contributed by atoms with E-state index in [1.807, 2.05) is 17.5 Å². The fraction of sp³-hybridized carbons (Fsp3) is 0.643. The fourth-order valence-corrected chi connectivity index (χ4v) is 3.27. The van der Waals surface area contributed by atoms with E-state index in [-0.39, 0.29) is 11.7 Å². The molecular formula is C14H19N5O2. The number of piperidine rings is 1. The summed E-state index contributed by atoms with van der Waals surface area (Å²) < 4.78 is 14.0. The summed E-state index contributed by atoms with van der Waals surface area (Å²) >= 11 is 0. The van der Waals surface area contributed by atoms with Crippen LogP contribution >= 0.6 is 0 Å². The van der Waals surface area contributed by atoms with Crippen LogP contribution in [0.15, 0.2) is 12.4 Å². The third-order valence-electron chi connectivity index (χ3n) is 4.43. The average molecular weight is 289 g/mol. The summed E-state index contributed by atoms with van der Waals surface area (Å²) in [5.74, 6) is 1.37. The Balaban J connectivity index is 1.53. The summed E-state index contributed by atoms with van der Waals surface area (Å²) in [6.07, 6.45) is 6.62. The number of nitrogens with one attached hydrogen (secondary N) is 1. The predicted molar refractivity (Wildman–Crippen MR) is 75.3 cm³/mol. The van der Waals surface area contributed by atoms with E-state index in [1.54, 1.807) is 6.20 Å². The van der Waals surface area contributed by atoms with E-state index in [9.17, 15) is 0 Å². The Kier molecular flexibility index (Phi) is 3.04. The normalized spacial score (nSPS) is 24.7. The van der Waals surface area contributed by atoms with Crippen LogP contribution in [0, 0.1) is 6.92 Å². The van der Waals surface area contributed by atoms with Crippen molar-refractivity contribution < 1.29 is 9.47 Å². The molecule has 0 aliphatic carbocycles. The Hall–Kier alpha value is -1.73. The van der Waals surface area contributed by atoms with Crippen molar-refractivity contribution in [3.05, 3.63) is 18.2 Å². The molecule has 1 N–H and O–H groups in total. The van der Waals surface area contributed by atoms with Crippen LogP contribution in [0.25, 0.3) is 5.65 Å². The van der Waals surface area contributed by atoms with Crippen molar-refractivity contribution in [2.24, 2.45) is 0 Å². The van der Waals surface area contributed by atoms with Crippen molar-refractivity contribution in [2.45, 2.75) is 37.9 Å². The van der Waals surface area contributed by atoms with Crippen LogP contribution in [-0.2, 0) is 4.74 Å². The van der Waals surface area contributed by atoms with E-state index in [4.69, 9.17) is 9.47 Å². The Morgan fingerprint density at radius 2 is 2.24 bits per heavy atom. The van der Waals surface area contributed by atoms with Crippen molar-refractivity contribution >= 4 is 5.65 Å².